The van der Waals surface area contributed by atoms with Crippen molar-refractivity contribution in [3.8, 4) is 0 Å². The summed E-state index contributed by atoms with van der Waals surface area (Å²) in [5.41, 5.74) is 2.06. The van der Waals surface area contributed by atoms with E-state index in [9.17, 15) is 0 Å². The van der Waals surface area contributed by atoms with Crippen LogP contribution in [-0.2, 0) is 9.47 Å². The molecule has 0 saturated heterocycles. The fourth-order valence-electron chi connectivity index (χ4n) is 2.03. The Morgan fingerprint density at radius 3 is 1.29 bits per heavy atom. The van der Waals surface area contributed by atoms with Crippen LogP contribution < -0.4 is 0 Å². The highest BCUT2D eigenvalue weighted by atomic mass is 28.1. The summed E-state index contributed by atoms with van der Waals surface area (Å²) in [4.78, 5) is 0. The third kappa shape index (κ3) is 4.50. The lowest BCUT2D eigenvalue weighted by atomic mass is 10.1. The van der Waals surface area contributed by atoms with Gasteiger partial charge in [0, 0.05) is 11.1 Å². The Bertz CT molecular complexity index is 498. The SMILES string of the molecule is CCOC(=C(OCC)c1ccccc1)c1ccccc1.[SiH4]. The maximum atomic E-state index is 5.85. The second-order valence-electron chi connectivity index (χ2n) is 4.26. The van der Waals surface area contributed by atoms with Crippen molar-refractivity contribution in [1.29, 1.82) is 0 Å². The molecular weight excluding hydrogens is 276 g/mol. The standard InChI is InChI=1S/C18H20O2.H4Si/c1-3-19-17(15-11-7-5-8-12-15)18(20-4-2)16-13-9-6-10-14-16;/h5-14H,3-4H2,1-2H3;1H4. The first kappa shape index (κ1) is 17.0. The van der Waals surface area contributed by atoms with Gasteiger partial charge in [-0.1, -0.05) is 60.7 Å². The molecule has 0 atom stereocenters. The Labute approximate surface area is 131 Å². The zero-order valence-electron chi connectivity index (χ0n) is 12.0. The summed E-state index contributed by atoms with van der Waals surface area (Å²) < 4.78 is 11.7. The summed E-state index contributed by atoms with van der Waals surface area (Å²) in [5.74, 6) is 1.59. The highest BCUT2D eigenvalue weighted by molar-refractivity contribution is 5.84. The monoisotopic (exact) mass is 300 g/mol. The summed E-state index contributed by atoms with van der Waals surface area (Å²) >= 11 is 0. The molecule has 112 valence electrons. The molecule has 0 aliphatic heterocycles. The van der Waals surface area contributed by atoms with Gasteiger partial charge >= 0.3 is 0 Å². The number of benzene rings is 2. The zero-order chi connectivity index (χ0) is 14.2. The van der Waals surface area contributed by atoms with Gasteiger partial charge < -0.3 is 9.47 Å². The highest BCUT2D eigenvalue weighted by Gasteiger charge is 2.14. The van der Waals surface area contributed by atoms with Crippen LogP contribution in [-0.4, -0.2) is 24.2 Å². The van der Waals surface area contributed by atoms with Gasteiger partial charge in [-0.2, -0.15) is 0 Å². The van der Waals surface area contributed by atoms with Crippen molar-refractivity contribution in [2.24, 2.45) is 0 Å². The van der Waals surface area contributed by atoms with Crippen LogP contribution in [0.25, 0.3) is 11.5 Å². The smallest absolute Gasteiger partial charge is 0.168 e. The summed E-state index contributed by atoms with van der Waals surface area (Å²) in [6, 6.07) is 20.1. The topological polar surface area (TPSA) is 18.5 Å². The van der Waals surface area contributed by atoms with E-state index >= 15 is 0 Å². The van der Waals surface area contributed by atoms with Crippen LogP contribution in [0.3, 0.4) is 0 Å². The van der Waals surface area contributed by atoms with Gasteiger partial charge in [0.1, 0.15) is 0 Å². The van der Waals surface area contributed by atoms with Gasteiger partial charge in [-0.15, -0.1) is 0 Å². The molecule has 0 aliphatic carbocycles. The van der Waals surface area contributed by atoms with Crippen LogP contribution in [0.4, 0.5) is 0 Å². The molecule has 3 heteroatoms. The third-order valence-corrected chi connectivity index (χ3v) is 2.86. The number of ether oxygens (including phenoxy) is 2. The Morgan fingerprint density at radius 2 is 1.00 bits per heavy atom. The molecule has 21 heavy (non-hydrogen) atoms. The van der Waals surface area contributed by atoms with E-state index < -0.39 is 0 Å². The predicted molar refractivity (Wildman–Crippen MR) is 94.3 cm³/mol. The lowest BCUT2D eigenvalue weighted by molar-refractivity contribution is 0.261. The van der Waals surface area contributed by atoms with Crippen molar-refractivity contribution in [2.45, 2.75) is 13.8 Å². The molecule has 0 radical (unpaired) electrons. The van der Waals surface area contributed by atoms with E-state index in [0.29, 0.717) is 13.2 Å². The largest absolute Gasteiger partial charge is 0.489 e. The molecule has 0 N–H and O–H groups in total. The van der Waals surface area contributed by atoms with Crippen molar-refractivity contribution in [1.82, 2.24) is 0 Å². The van der Waals surface area contributed by atoms with Gasteiger partial charge in [-0.3, -0.25) is 0 Å². The van der Waals surface area contributed by atoms with Crippen molar-refractivity contribution in [3.05, 3.63) is 71.8 Å². The molecule has 0 aromatic heterocycles. The minimum absolute atomic E-state index is 0. The molecule has 2 aromatic rings. The van der Waals surface area contributed by atoms with Crippen LogP contribution in [0.15, 0.2) is 60.7 Å². The Balaban J connectivity index is 0.00000220. The molecule has 0 aliphatic rings. The second kappa shape index (κ2) is 9.03. The molecule has 2 aromatic carbocycles. The normalized spacial score (nSPS) is 11.1. The van der Waals surface area contributed by atoms with E-state index in [-0.39, 0.29) is 11.0 Å². The molecule has 0 heterocycles. The molecule has 0 bridgehead atoms. The van der Waals surface area contributed by atoms with Crippen molar-refractivity contribution >= 4 is 22.5 Å². The maximum absolute atomic E-state index is 5.85. The lowest BCUT2D eigenvalue weighted by Crippen LogP contribution is -2.01. The van der Waals surface area contributed by atoms with Crippen LogP contribution in [0, 0.1) is 0 Å². The summed E-state index contributed by atoms with van der Waals surface area (Å²) in [6.45, 7) is 5.18. The molecule has 0 unspecified atom stereocenters. The fraction of sp³-hybridized carbons (Fsp3) is 0.222. The van der Waals surface area contributed by atoms with Crippen LogP contribution in [0.2, 0.25) is 0 Å². The summed E-state index contributed by atoms with van der Waals surface area (Å²) in [6.07, 6.45) is 0. The summed E-state index contributed by atoms with van der Waals surface area (Å²) in [7, 11) is 0. The maximum Gasteiger partial charge on any atom is 0.168 e. The van der Waals surface area contributed by atoms with Crippen LogP contribution >= 0.6 is 0 Å². The van der Waals surface area contributed by atoms with Crippen molar-refractivity contribution in [3.63, 3.8) is 0 Å². The number of rotatable bonds is 6. The molecular formula is C18H24O2Si. The molecule has 0 spiro atoms. The molecule has 0 fully saturated rings. The van der Waals surface area contributed by atoms with Gasteiger partial charge in [0.15, 0.2) is 11.5 Å². The van der Waals surface area contributed by atoms with E-state index in [1.807, 2.05) is 74.5 Å². The van der Waals surface area contributed by atoms with Gasteiger partial charge in [-0.25, -0.2) is 0 Å². The second-order valence-corrected chi connectivity index (χ2v) is 4.26. The molecule has 2 nitrogen and oxygen atoms in total. The first-order chi connectivity index (χ1) is 9.86. The first-order valence-electron chi connectivity index (χ1n) is 6.97. The Morgan fingerprint density at radius 1 is 0.667 bits per heavy atom. The van der Waals surface area contributed by atoms with Gasteiger partial charge in [0.25, 0.3) is 0 Å². The minimum atomic E-state index is 0. The Kier molecular flexibility index (Phi) is 7.33. The number of hydrogen-bond donors (Lipinski definition) is 0. The van der Waals surface area contributed by atoms with E-state index in [4.69, 9.17) is 9.47 Å². The third-order valence-electron chi connectivity index (χ3n) is 2.86. The summed E-state index contributed by atoms with van der Waals surface area (Å²) in [5, 5.41) is 0. The lowest BCUT2D eigenvalue weighted by Gasteiger charge is -2.16. The number of hydrogen-bond acceptors (Lipinski definition) is 2. The van der Waals surface area contributed by atoms with Crippen molar-refractivity contribution < 1.29 is 9.47 Å². The molecule has 0 saturated carbocycles. The van der Waals surface area contributed by atoms with E-state index in [1.165, 1.54) is 0 Å². The van der Waals surface area contributed by atoms with E-state index in [2.05, 4.69) is 0 Å². The molecule has 0 amide bonds. The average Bonchev–Trinajstić information content (AvgIpc) is 2.52. The fourth-order valence-corrected chi connectivity index (χ4v) is 2.03. The quantitative estimate of drug-likeness (QED) is 0.463. The highest BCUT2D eigenvalue weighted by Crippen LogP contribution is 2.28. The average molecular weight is 300 g/mol. The first-order valence-corrected chi connectivity index (χ1v) is 6.97. The van der Waals surface area contributed by atoms with Crippen LogP contribution in [0.5, 0.6) is 0 Å². The zero-order valence-corrected chi connectivity index (χ0v) is 12.0. The van der Waals surface area contributed by atoms with Crippen LogP contribution in [0.1, 0.15) is 25.0 Å². The van der Waals surface area contributed by atoms with E-state index in [0.717, 1.165) is 22.6 Å². The van der Waals surface area contributed by atoms with Crippen molar-refractivity contribution in [2.75, 3.05) is 13.2 Å². The Hall–Kier alpha value is -2.00. The van der Waals surface area contributed by atoms with Gasteiger partial charge in [0.2, 0.25) is 0 Å². The minimum Gasteiger partial charge on any atom is -0.489 e. The predicted octanol–water partition coefficient (Wildman–Crippen LogP) is 3.13. The van der Waals surface area contributed by atoms with Gasteiger partial charge in [0.05, 0.1) is 13.2 Å². The molecule has 2 rings (SSSR count). The van der Waals surface area contributed by atoms with Gasteiger partial charge in [-0.05, 0) is 24.8 Å². The van der Waals surface area contributed by atoms with E-state index in [1.54, 1.807) is 0 Å².